The number of anilines is 1. The van der Waals surface area contributed by atoms with E-state index >= 15 is 0 Å². The van der Waals surface area contributed by atoms with E-state index in [1.165, 1.54) is 36.9 Å². The Labute approximate surface area is 168 Å². The van der Waals surface area contributed by atoms with Gasteiger partial charge in [-0.3, -0.25) is 14.9 Å². The van der Waals surface area contributed by atoms with Crippen LogP contribution in [-0.4, -0.2) is 30.5 Å². The number of hydrogen-bond donors (Lipinski definition) is 1. The zero-order valence-electron chi connectivity index (χ0n) is 16.4. The molecule has 0 saturated carbocycles. The molecule has 1 amide bonds. The van der Waals surface area contributed by atoms with Gasteiger partial charge in [0.05, 0.1) is 18.1 Å². The van der Waals surface area contributed by atoms with Crippen LogP contribution in [0.3, 0.4) is 0 Å². The predicted molar refractivity (Wildman–Crippen MR) is 109 cm³/mol. The molecular formula is C21H22N2O6. The van der Waals surface area contributed by atoms with Crippen LogP contribution >= 0.6 is 0 Å². The normalized spacial score (nSPS) is 10.8. The average Bonchev–Trinajstić information content (AvgIpc) is 2.71. The fourth-order valence-electron chi connectivity index (χ4n) is 2.42. The van der Waals surface area contributed by atoms with Gasteiger partial charge < -0.3 is 14.8 Å². The van der Waals surface area contributed by atoms with Crippen molar-refractivity contribution in [1.82, 2.24) is 0 Å². The molecule has 0 bridgehead atoms. The molecule has 0 aliphatic heterocycles. The van der Waals surface area contributed by atoms with E-state index in [2.05, 4.69) is 19.2 Å². The van der Waals surface area contributed by atoms with Crippen molar-refractivity contribution in [3.63, 3.8) is 0 Å². The van der Waals surface area contributed by atoms with E-state index in [-0.39, 0.29) is 17.1 Å². The van der Waals surface area contributed by atoms with Crippen molar-refractivity contribution >= 4 is 29.3 Å². The van der Waals surface area contributed by atoms with E-state index in [0.29, 0.717) is 5.92 Å². The highest BCUT2D eigenvalue weighted by Gasteiger charge is 2.17. The van der Waals surface area contributed by atoms with Crippen molar-refractivity contribution in [3.8, 4) is 5.75 Å². The molecule has 152 valence electrons. The number of benzene rings is 2. The van der Waals surface area contributed by atoms with Crippen LogP contribution in [0.4, 0.5) is 11.4 Å². The van der Waals surface area contributed by atoms with E-state index in [1.807, 2.05) is 24.3 Å². The Morgan fingerprint density at radius 2 is 1.86 bits per heavy atom. The largest absolute Gasteiger partial charge is 0.496 e. The van der Waals surface area contributed by atoms with Crippen LogP contribution < -0.4 is 10.1 Å². The maximum atomic E-state index is 12.0. The molecule has 0 spiro atoms. The van der Waals surface area contributed by atoms with Crippen LogP contribution in [0.25, 0.3) is 6.08 Å². The summed E-state index contributed by atoms with van der Waals surface area (Å²) in [6.45, 7) is 3.61. The lowest BCUT2D eigenvalue weighted by Gasteiger charge is -2.07. The third-order valence-corrected chi connectivity index (χ3v) is 4.04. The second-order valence-electron chi connectivity index (χ2n) is 6.45. The Hall–Kier alpha value is -3.68. The number of ether oxygens (including phenoxy) is 2. The van der Waals surface area contributed by atoms with Gasteiger partial charge in [0.2, 0.25) is 0 Å². The summed E-state index contributed by atoms with van der Waals surface area (Å²) in [5, 5.41) is 13.5. The third kappa shape index (κ3) is 6.46. The zero-order chi connectivity index (χ0) is 21.4. The van der Waals surface area contributed by atoms with E-state index < -0.39 is 23.4 Å². The number of amides is 1. The van der Waals surface area contributed by atoms with Crippen LogP contribution in [0.5, 0.6) is 5.75 Å². The van der Waals surface area contributed by atoms with Crippen molar-refractivity contribution in [2.45, 2.75) is 19.8 Å². The van der Waals surface area contributed by atoms with E-state index in [0.717, 1.165) is 5.56 Å². The van der Waals surface area contributed by atoms with Crippen molar-refractivity contribution in [2.24, 2.45) is 0 Å². The summed E-state index contributed by atoms with van der Waals surface area (Å²) in [6.07, 6.45) is 2.80. The van der Waals surface area contributed by atoms with Gasteiger partial charge in [-0.2, -0.15) is 0 Å². The summed E-state index contributed by atoms with van der Waals surface area (Å²) in [6, 6.07) is 11.7. The molecule has 1 N–H and O–H groups in total. The Morgan fingerprint density at radius 3 is 2.45 bits per heavy atom. The van der Waals surface area contributed by atoms with Gasteiger partial charge in [-0.25, -0.2) is 4.79 Å². The summed E-state index contributed by atoms with van der Waals surface area (Å²) < 4.78 is 9.80. The first-order valence-corrected chi connectivity index (χ1v) is 8.87. The Bertz CT molecular complexity index is 919. The van der Waals surface area contributed by atoms with E-state index in [9.17, 15) is 19.7 Å². The number of carbonyl (C=O) groups is 2. The molecular weight excluding hydrogens is 376 g/mol. The lowest BCUT2D eigenvalue weighted by Crippen LogP contribution is -2.20. The van der Waals surface area contributed by atoms with Crippen molar-refractivity contribution in [2.75, 3.05) is 19.0 Å². The molecule has 0 aromatic heterocycles. The Kier molecular flexibility index (Phi) is 7.47. The highest BCUT2D eigenvalue weighted by Crippen LogP contribution is 2.28. The molecule has 0 aliphatic carbocycles. The molecule has 0 heterocycles. The second kappa shape index (κ2) is 10.0. The highest BCUT2D eigenvalue weighted by molar-refractivity contribution is 5.96. The first kappa shape index (κ1) is 21.6. The van der Waals surface area contributed by atoms with Gasteiger partial charge in [-0.15, -0.1) is 0 Å². The molecule has 29 heavy (non-hydrogen) atoms. The molecule has 0 saturated heterocycles. The first-order chi connectivity index (χ1) is 13.8. The van der Waals surface area contributed by atoms with Gasteiger partial charge in [0.1, 0.15) is 11.4 Å². The number of esters is 1. The fourth-order valence-corrected chi connectivity index (χ4v) is 2.42. The summed E-state index contributed by atoms with van der Waals surface area (Å²) >= 11 is 0. The van der Waals surface area contributed by atoms with Crippen molar-refractivity contribution in [3.05, 3.63) is 69.8 Å². The second-order valence-corrected chi connectivity index (χ2v) is 6.45. The Balaban J connectivity index is 1.90. The minimum atomic E-state index is -0.697. The first-order valence-electron chi connectivity index (χ1n) is 8.87. The van der Waals surface area contributed by atoms with E-state index in [4.69, 9.17) is 9.47 Å². The van der Waals surface area contributed by atoms with Crippen LogP contribution in [0.15, 0.2) is 48.5 Å². The van der Waals surface area contributed by atoms with Gasteiger partial charge in [0, 0.05) is 6.08 Å². The summed E-state index contributed by atoms with van der Waals surface area (Å²) in [7, 11) is 1.38. The minimum Gasteiger partial charge on any atom is -0.496 e. The summed E-state index contributed by atoms with van der Waals surface area (Å²) in [4.78, 5) is 34.2. The SMILES string of the molecule is COc1ccc(NC(=O)COC(=O)C=Cc2ccc(C(C)C)cc2)c([N+](=O)[O-])c1. The molecule has 2 aromatic rings. The molecule has 0 aliphatic rings. The molecule has 8 heteroatoms. The monoisotopic (exact) mass is 398 g/mol. The van der Waals surface area contributed by atoms with Gasteiger partial charge >= 0.3 is 5.97 Å². The third-order valence-electron chi connectivity index (χ3n) is 4.04. The van der Waals surface area contributed by atoms with Gasteiger partial charge in [-0.1, -0.05) is 38.1 Å². The van der Waals surface area contributed by atoms with Gasteiger partial charge in [0.25, 0.3) is 11.6 Å². The van der Waals surface area contributed by atoms with Gasteiger partial charge in [0.15, 0.2) is 6.61 Å². The quantitative estimate of drug-likeness (QED) is 0.312. The minimum absolute atomic E-state index is 0.0161. The number of nitrogens with zero attached hydrogens (tertiary/aromatic N) is 1. The number of methoxy groups -OCH3 is 1. The highest BCUT2D eigenvalue weighted by atomic mass is 16.6. The van der Waals surface area contributed by atoms with Crippen LogP contribution in [0.1, 0.15) is 30.9 Å². The Morgan fingerprint density at radius 1 is 1.17 bits per heavy atom. The van der Waals surface area contributed by atoms with Crippen LogP contribution in [-0.2, 0) is 14.3 Å². The molecule has 0 radical (unpaired) electrons. The maximum Gasteiger partial charge on any atom is 0.331 e. The van der Waals surface area contributed by atoms with E-state index in [1.54, 1.807) is 6.08 Å². The maximum absolute atomic E-state index is 12.0. The smallest absolute Gasteiger partial charge is 0.331 e. The number of nitro groups is 1. The molecule has 0 fully saturated rings. The number of rotatable bonds is 8. The summed E-state index contributed by atoms with van der Waals surface area (Å²) in [5.41, 5.74) is 1.67. The van der Waals surface area contributed by atoms with Crippen molar-refractivity contribution in [1.29, 1.82) is 0 Å². The number of hydrogen-bond acceptors (Lipinski definition) is 6. The van der Waals surface area contributed by atoms with Crippen molar-refractivity contribution < 1.29 is 24.0 Å². The average molecular weight is 398 g/mol. The lowest BCUT2D eigenvalue weighted by molar-refractivity contribution is -0.384. The standard InChI is InChI=1S/C21H22N2O6/c1-14(2)16-7-4-15(5-8-16)6-11-21(25)29-13-20(24)22-18-10-9-17(28-3)12-19(18)23(26)27/h4-12,14H,13H2,1-3H3,(H,22,24). The molecule has 0 unspecified atom stereocenters. The lowest BCUT2D eigenvalue weighted by atomic mass is 10.0. The molecule has 2 aromatic carbocycles. The number of nitrogens with one attached hydrogen (secondary N) is 1. The summed E-state index contributed by atoms with van der Waals surface area (Å²) in [5.74, 6) is -0.690. The number of carbonyl (C=O) groups excluding carboxylic acids is 2. The zero-order valence-corrected chi connectivity index (χ0v) is 16.4. The predicted octanol–water partition coefficient (Wildman–Crippen LogP) is 3.92. The van der Waals surface area contributed by atoms with Gasteiger partial charge in [-0.05, 0) is 35.3 Å². The van der Waals surface area contributed by atoms with Crippen LogP contribution in [0.2, 0.25) is 0 Å². The fraction of sp³-hybridized carbons (Fsp3) is 0.238. The number of nitro benzene ring substituents is 1. The molecule has 0 atom stereocenters. The topological polar surface area (TPSA) is 108 Å². The molecule has 2 rings (SSSR count). The van der Waals surface area contributed by atoms with Crippen LogP contribution in [0, 0.1) is 10.1 Å². The molecule has 8 nitrogen and oxygen atoms in total.